The van der Waals surface area contributed by atoms with E-state index < -0.39 is 0 Å². The molecule has 4 nitrogen and oxygen atoms in total. The van der Waals surface area contributed by atoms with E-state index in [4.69, 9.17) is 9.73 Å². The first-order valence-electron chi connectivity index (χ1n) is 8.50. The van der Waals surface area contributed by atoms with Crippen molar-refractivity contribution in [2.75, 3.05) is 32.4 Å². The van der Waals surface area contributed by atoms with Crippen LogP contribution in [0.15, 0.2) is 29.3 Å². The fourth-order valence-electron chi connectivity index (χ4n) is 2.70. The van der Waals surface area contributed by atoms with Gasteiger partial charge in [0.1, 0.15) is 11.9 Å². The van der Waals surface area contributed by atoms with E-state index >= 15 is 0 Å². The molecule has 0 bridgehead atoms. The smallest absolute Gasteiger partial charge is 0.194 e. The van der Waals surface area contributed by atoms with Crippen LogP contribution in [0.2, 0.25) is 0 Å². The molecule has 1 saturated heterocycles. The number of hydrogen-bond donors (Lipinski definition) is 1. The highest BCUT2D eigenvalue weighted by Gasteiger charge is 2.28. The van der Waals surface area contributed by atoms with Crippen molar-refractivity contribution in [2.45, 2.75) is 38.2 Å². The van der Waals surface area contributed by atoms with Gasteiger partial charge in [0.2, 0.25) is 0 Å². The molecule has 0 aromatic heterocycles. The van der Waals surface area contributed by atoms with E-state index in [1.165, 1.54) is 12.1 Å². The predicted molar refractivity (Wildman–Crippen MR) is 116 cm³/mol. The average molecular weight is 481 g/mol. The summed E-state index contributed by atoms with van der Waals surface area (Å²) in [5.41, 5.74) is 1.00. The summed E-state index contributed by atoms with van der Waals surface area (Å²) in [4.78, 5) is 7.03. The van der Waals surface area contributed by atoms with Crippen molar-refractivity contribution >= 4 is 41.7 Å². The van der Waals surface area contributed by atoms with Crippen LogP contribution in [0.25, 0.3) is 0 Å². The van der Waals surface area contributed by atoms with E-state index in [9.17, 15) is 4.39 Å². The van der Waals surface area contributed by atoms with Crippen molar-refractivity contribution in [3.05, 3.63) is 35.6 Å². The van der Waals surface area contributed by atoms with E-state index in [2.05, 4.69) is 37.2 Å². The number of benzene rings is 1. The number of ether oxygens (including phenoxy) is 1. The first-order valence-corrected chi connectivity index (χ1v) is 9.79. The van der Waals surface area contributed by atoms with Gasteiger partial charge in [0.25, 0.3) is 0 Å². The van der Waals surface area contributed by atoms with Crippen molar-refractivity contribution in [2.24, 2.45) is 4.99 Å². The van der Waals surface area contributed by atoms with Crippen LogP contribution < -0.4 is 5.32 Å². The highest BCUT2D eigenvalue weighted by atomic mass is 127. The third-order valence-corrected chi connectivity index (χ3v) is 4.99. The van der Waals surface area contributed by atoms with Gasteiger partial charge in [-0.3, -0.25) is 4.99 Å². The second kappa shape index (κ2) is 11.2. The maximum Gasteiger partial charge on any atom is 0.194 e. The highest BCUT2D eigenvalue weighted by molar-refractivity contribution is 14.0. The minimum absolute atomic E-state index is 0. The molecule has 2 rings (SSSR count). The van der Waals surface area contributed by atoms with E-state index in [-0.39, 0.29) is 42.0 Å². The molecule has 1 heterocycles. The Morgan fingerprint density at radius 2 is 2.08 bits per heavy atom. The van der Waals surface area contributed by atoms with Gasteiger partial charge in [-0.25, -0.2) is 4.39 Å². The summed E-state index contributed by atoms with van der Waals surface area (Å²) in [6.07, 6.45) is 2.13. The molecule has 0 aliphatic carbocycles. The Kier molecular flexibility index (Phi) is 10.1. The van der Waals surface area contributed by atoms with Crippen LogP contribution in [-0.2, 0) is 4.74 Å². The lowest BCUT2D eigenvalue weighted by atomic mass is 10.1. The van der Waals surface area contributed by atoms with Gasteiger partial charge in [-0.1, -0.05) is 19.1 Å². The summed E-state index contributed by atoms with van der Waals surface area (Å²) >= 11 is 1.82. The van der Waals surface area contributed by atoms with Crippen molar-refractivity contribution in [1.29, 1.82) is 0 Å². The summed E-state index contributed by atoms with van der Waals surface area (Å²) < 4.78 is 19.2. The van der Waals surface area contributed by atoms with Gasteiger partial charge in [0.05, 0.1) is 19.2 Å². The Balaban J connectivity index is 0.00000312. The summed E-state index contributed by atoms with van der Waals surface area (Å²) in [6, 6.07) is 6.58. The molecule has 1 aromatic rings. The minimum atomic E-state index is -0.222. The summed E-state index contributed by atoms with van der Waals surface area (Å²) in [5.74, 6) is 0.709. The maximum absolute atomic E-state index is 13.2. The number of morpholine rings is 1. The topological polar surface area (TPSA) is 36.9 Å². The maximum atomic E-state index is 13.2. The molecule has 0 saturated carbocycles. The first kappa shape index (κ1) is 22.5. The van der Waals surface area contributed by atoms with Crippen LogP contribution >= 0.6 is 35.7 Å². The molecule has 142 valence electrons. The highest BCUT2D eigenvalue weighted by Crippen LogP contribution is 2.25. The molecule has 3 atom stereocenters. The molecular formula is C18H29FIN3OS. The number of guanidine groups is 1. The van der Waals surface area contributed by atoms with Gasteiger partial charge in [-0.15, -0.1) is 24.0 Å². The zero-order valence-corrected chi connectivity index (χ0v) is 18.5. The predicted octanol–water partition coefficient (Wildman–Crippen LogP) is 3.92. The Morgan fingerprint density at radius 3 is 2.68 bits per heavy atom. The zero-order valence-electron chi connectivity index (χ0n) is 15.4. The average Bonchev–Trinajstić information content (AvgIpc) is 2.58. The fraction of sp³-hybridized carbons (Fsp3) is 0.611. The SMILES string of the molecule is CCNC(=NCC(C)SC)N1CC(C)OC(c2ccc(F)cc2)C1.I. The second-order valence-electron chi connectivity index (χ2n) is 6.13. The van der Waals surface area contributed by atoms with E-state index in [0.29, 0.717) is 5.25 Å². The minimum Gasteiger partial charge on any atom is -0.367 e. The van der Waals surface area contributed by atoms with Crippen LogP contribution in [0.5, 0.6) is 0 Å². The van der Waals surface area contributed by atoms with Crippen LogP contribution in [0.3, 0.4) is 0 Å². The van der Waals surface area contributed by atoms with Crippen molar-refractivity contribution in [1.82, 2.24) is 10.2 Å². The molecule has 3 unspecified atom stereocenters. The van der Waals surface area contributed by atoms with Gasteiger partial charge in [0.15, 0.2) is 5.96 Å². The quantitative estimate of drug-likeness (QED) is 0.393. The van der Waals surface area contributed by atoms with Gasteiger partial charge in [0, 0.05) is 18.3 Å². The molecule has 1 aliphatic heterocycles. The van der Waals surface area contributed by atoms with Crippen LogP contribution in [0.1, 0.15) is 32.4 Å². The molecule has 1 aromatic carbocycles. The number of thioether (sulfide) groups is 1. The molecule has 1 fully saturated rings. The number of rotatable bonds is 5. The van der Waals surface area contributed by atoms with Gasteiger partial charge in [-0.05, 0) is 37.8 Å². The second-order valence-corrected chi connectivity index (χ2v) is 7.41. The number of nitrogens with zero attached hydrogens (tertiary/aromatic N) is 2. The van der Waals surface area contributed by atoms with Gasteiger partial charge < -0.3 is 15.0 Å². The Labute approximate surface area is 172 Å². The van der Waals surface area contributed by atoms with Crippen LogP contribution in [0.4, 0.5) is 4.39 Å². The molecule has 0 radical (unpaired) electrons. The Hall–Kier alpha value is -0.540. The third kappa shape index (κ3) is 6.94. The summed E-state index contributed by atoms with van der Waals surface area (Å²) in [7, 11) is 0. The van der Waals surface area contributed by atoms with E-state index in [0.717, 1.165) is 37.7 Å². The molecule has 1 N–H and O–H groups in total. The molecule has 25 heavy (non-hydrogen) atoms. The number of nitrogens with one attached hydrogen (secondary N) is 1. The van der Waals surface area contributed by atoms with Crippen molar-refractivity contribution in [3.63, 3.8) is 0 Å². The lowest BCUT2D eigenvalue weighted by Gasteiger charge is -2.38. The molecule has 1 aliphatic rings. The number of halogens is 2. The van der Waals surface area contributed by atoms with Crippen molar-refractivity contribution in [3.8, 4) is 0 Å². The number of aliphatic imine (C=N–C) groups is 1. The fourth-order valence-corrected chi connectivity index (χ4v) is 2.92. The van der Waals surface area contributed by atoms with Crippen LogP contribution in [0, 0.1) is 5.82 Å². The summed E-state index contributed by atoms with van der Waals surface area (Å²) in [5, 5.41) is 3.88. The Bertz CT molecular complexity index is 544. The third-order valence-electron chi connectivity index (χ3n) is 4.04. The lowest BCUT2D eigenvalue weighted by molar-refractivity contribution is -0.0605. The number of hydrogen-bond acceptors (Lipinski definition) is 3. The van der Waals surface area contributed by atoms with Crippen LogP contribution in [-0.4, -0.2) is 54.6 Å². The van der Waals surface area contributed by atoms with Gasteiger partial charge in [-0.2, -0.15) is 11.8 Å². The van der Waals surface area contributed by atoms with Crippen molar-refractivity contribution < 1.29 is 9.13 Å². The largest absolute Gasteiger partial charge is 0.367 e. The summed E-state index contributed by atoms with van der Waals surface area (Å²) in [6.45, 7) is 9.47. The molecule has 0 amide bonds. The molecule has 7 heteroatoms. The monoisotopic (exact) mass is 481 g/mol. The van der Waals surface area contributed by atoms with E-state index in [1.807, 2.05) is 11.8 Å². The normalized spacial score (nSPS) is 22.3. The standard InChI is InChI=1S/C18H28FN3OS.HI/c1-5-20-18(21-10-14(3)24-4)22-11-13(2)23-17(12-22)15-6-8-16(19)9-7-15;/h6-9,13-14,17H,5,10-12H2,1-4H3,(H,20,21);1H. The zero-order chi connectivity index (χ0) is 17.5. The lowest BCUT2D eigenvalue weighted by Crippen LogP contribution is -2.50. The molecular weight excluding hydrogens is 452 g/mol. The Morgan fingerprint density at radius 1 is 1.40 bits per heavy atom. The molecule has 0 spiro atoms. The van der Waals surface area contributed by atoms with Gasteiger partial charge >= 0.3 is 0 Å². The first-order chi connectivity index (χ1) is 11.5. The van der Waals surface area contributed by atoms with E-state index in [1.54, 1.807) is 12.1 Å².